The zero-order chi connectivity index (χ0) is 11.0. The molecule has 1 fully saturated rings. The highest BCUT2D eigenvalue weighted by Crippen LogP contribution is 2.49. The summed E-state index contributed by atoms with van der Waals surface area (Å²) in [7, 11) is 0. The summed E-state index contributed by atoms with van der Waals surface area (Å²) in [6.07, 6.45) is 0.805. The summed E-state index contributed by atoms with van der Waals surface area (Å²) >= 11 is 0. The Morgan fingerprint density at radius 3 is 2.60 bits per heavy atom. The highest BCUT2D eigenvalue weighted by molar-refractivity contribution is 5.75. The van der Waals surface area contributed by atoms with Crippen molar-refractivity contribution in [1.82, 2.24) is 0 Å². The molecule has 1 saturated carbocycles. The molecule has 1 aromatic carbocycles. The standard InChI is InChI=1S/C13H16O2/c1-8(2)9-5-3-4-6-10(9)11-7-12(11)13(14)15/h3-6,8,11-12H,7H2,1-2H3,(H,14,15). The third-order valence-electron chi connectivity index (χ3n) is 3.13. The zero-order valence-corrected chi connectivity index (χ0v) is 9.10. The normalized spacial score (nSPS) is 24.2. The molecule has 1 aliphatic rings. The van der Waals surface area contributed by atoms with Gasteiger partial charge in [-0.15, -0.1) is 0 Å². The number of benzene rings is 1. The predicted molar refractivity (Wildman–Crippen MR) is 59.0 cm³/mol. The summed E-state index contributed by atoms with van der Waals surface area (Å²) in [6.45, 7) is 4.30. The van der Waals surface area contributed by atoms with Crippen LogP contribution in [-0.4, -0.2) is 11.1 Å². The molecule has 2 unspecified atom stereocenters. The molecule has 0 amide bonds. The second-order valence-corrected chi connectivity index (χ2v) is 4.57. The molecule has 1 N–H and O–H groups in total. The van der Waals surface area contributed by atoms with Gasteiger partial charge in [0, 0.05) is 0 Å². The first-order valence-corrected chi connectivity index (χ1v) is 5.43. The lowest BCUT2D eigenvalue weighted by atomic mass is 9.94. The van der Waals surface area contributed by atoms with Crippen molar-refractivity contribution in [3.8, 4) is 0 Å². The molecule has 2 nitrogen and oxygen atoms in total. The van der Waals surface area contributed by atoms with Gasteiger partial charge in [-0.25, -0.2) is 0 Å². The van der Waals surface area contributed by atoms with Crippen LogP contribution in [0.3, 0.4) is 0 Å². The van der Waals surface area contributed by atoms with Gasteiger partial charge in [0.15, 0.2) is 0 Å². The largest absolute Gasteiger partial charge is 0.481 e. The van der Waals surface area contributed by atoms with E-state index < -0.39 is 5.97 Å². The van der Waals surface area contributed by atoms with Gasteiger partial charge < -0.3 is 5.11 Å². The number of hydrogen-bond donors (Lipinski definition) is 1. The van der Waals surface area contributed by atoms with Crippen LogP contribution in [-0.2, 0) is 4.79 Å². The van der Waals surface area contributed by atoms with Crippen molar-refractivity contribution in [2.45, 2.75) is 32.1 Å². The van der Waals surface area contributed by atoms with E-state index in [1.54, 1.807) is 0 Å². The molecule has 0 heterocycles. The fourth-order valence-corrected chi connectivity index (χ4v) is 2.19. The minimum atomic E-state index is -0.654. The molecule has 15 heavy (non-hydrogen) atoms. The third-order valence-corrected chi connectivity index (χ3v) is 3.13. The molecule has 0 bridgehead atoms. The molecule has 2 rings (SSSR count). The van der Waals surface area contributed by atoms with Crippen LogP contribution >= 0.6 is 0 Å². The average Bonchev–Trinajstić information content (AvgIpc) is 2.97. The van der Waals surface area contributed by atoms with E-state index in [0.29, 0.717) is 5.92 Å². The van der Waals surface area contributed by atoms with Gasteiger partial charge in [-0.05, 0) is 29.4 Å². The molecule has 0 saturated heterocycles. The highest BCUT2D eigenvalue weighted by Gasteiger charge is 2.45. The van der Waals surface area contributed by atoms with Crippen molar-refractivity contribution in [3.05, 3.63) is 35.4 Å². The van der Waals surface area contributed by atoms with Crippen molar-refractivity contribution in [2.75, 3.05) is 0 Å². The quantitative estimate of drug-likeness (QED) is 0.821. The second kappa shape index (κ2) is 3.69. The van der Waals surface area contributed by atoms with Crippen molar-refractivity contribution < 1.29 is 9.90 Å². The highest BCUT2D eigenvalue weighted by atomic mass is 16.4. The summed E-state index contributed by atoms with van der Waals surface area (Å²) in [5, 5.41) is 8.91. The average molecular weight is 204 g/mol. The Kier molecular flexibility index (Phi) is 2.51. The zero-order valence-electron chi connectivity index (χ0n) is 9.10. The van der Waals surface area contributed by atoms with Crippen LogP contribution in [0.1, 0.15) is 43.2 Å². The molecular weight excluding hydrogens is 188 g/mol. The van der Waals surface area contributed by atoms with Gasteiger partial charge in [0.05, 0.1) is 5.92 Å². The van der Waals surface area contributed by atoms with E-state index in [9.17, 15) is 4.79 Å². The monoisotopic (exact) mass is 204 g/mol. The molecule has 0 aliphatic heterocycles. The number of carboxylic acid groups (broad SMARTS) is 1. The first-order chi connectivity index (χ1) is 7.11. The Balaban J connectivity index is 2.26. The lowest BCUT2D eigenvalue weighted by Gasteiger charge is -2.11. The molecule has 1 aliphatic carbocycles. The molecule has 80 valence electrons. The van der Waals surface area contributed by atoms with E-state index >= 15 is 0 Å². The number of rotatable bonds is 3. The number of aliphatic carboxylic acids is 1. The van der Waals surface area contributed by atoms with Crippen molar-refractivity contribution in [2.24, 2.45) is 5.92 Å². The van der Waals surface area contributed by atoms with Crippen LogP contribution in [0, 0.1) is 5.92 Å². The lowest BCUT2D eigenvalue weighted by molar-refractivity contribution is -0.138. The fraction of sp³-hybridized carbons (Fsp3) is 0.462. The molecule has 0 radical (unpaired) electrons. The first kappa shape index (κ1) is 10.2. The fourth-order valence-electron chi connectivity index (χ4n) is 2.19. The Morgan fingerprint density at radius 1 is 1.40 bits per heavy atom. The minimum absolute atomic E-state index is 0.148. The maximum atomic E-state index is 10.8. The Morgan fingerprint density at radius 2 is 2.07 bits per heavy atom. The van der Waals surface area contributed by atoms with E-state index in [1.807, 2.05) is 12.1 Å². The molecule has 1 aromatic rings. The van der Waals surface area contributed by atoms with Gasteiger partial charge in [-0.3, -0.25) is 4.79 Å². The number of carbonyl (C=O) groups is 1. The Bertz CT molecular complexity index is 382. The maximum absolute atomic E-state index is 10.8. The summed E-state index contributed by atoms with van der Waals surface area (Å²) < 4.78 is 0. The molecule has 0 spiro atoms. The predicted octanol–water partition coefficient (Wildman–Crippen LogP) is 3.00. The van der Waals surface area contributed by atoms with Gasteiger partial charge in [0.1, 0.15) is 0 Å². The van der Waals surface area contributed by atoms with Crippen molar-refractivity contribution in [1.29, 1.82) is 0 Å². The topological polar surface area (TPSA) is 37.3 Å². The summed E-state index contributed by atoms with van der Waals surface area (Å²) in [5.41, 5.74) is 2.53. The number of carboxylic acids is 1. The summed E-state index contributed by atoms with van der Waals surface area (Å²) in [5.74, 6) is -0.0826. The van der Waals surface area contributed by atoms with Gasteiger partial charge in [-0.2, -0.15) is 0 Å². The Labute approximate surface area is 89.9 Å². The van der Waals surface area contributed by atoms with Crippen molar-refractivity contribution in [3.63, 3.8) is 0 Å². The van der Waals surface area contributed by atoms with Gasteiger partial charge in [-0.1, -0.05) is 38.1 Å². The number of hydrogen-bond acceptors (Lipinski definition) is 1. The minimum Gasteiger partial charge on any atom is -0.481 e. The SMILES string of the molecule is CC(C)c1ccccc1C1CC1C(=O)O. The first-order valence-electron chi connectivity index (χ1n) is 5.43. The van der Waals surface area contributed by atoms with E-state index in [-0.39, 0.29) is 11.8 Å². The molecule has 2 heteroatoms. The van der Waals surface area contributed by atoms with Crippen LogP contribution in [0.15, 0.2) is 24.3 Å². The molecular formula is C13H16O2. The smallest absolute Gasteiger partial charge is 0.307 e. The Hall–Kier alpha value is -1.31. The summed E-state index contributed by atoms with van der Waals surface area (Å²) in [6, 6.07) is 8.20. The van der Waals surface area contributed by atoms with Crippen LogP contribution in [0.5, 0.6) is 0 Å². The van der Waals surface area contributed by atoms with E-state index in [1.165, 1.54) is 11.1 Å². The van der Waals surface area contributed by atoms with Gasteiger partial charge in [0.2, 0.25) is 0 Å². The second-order valence-electron chi connectivity index (χ2n) is 4.57. The summed E-state index contributed by atoms with van der Waals surface area (Å²) in [4.78, 5) is 10.8. The van der Waals surface area contributed by atoms with Crippen molar-refractivity contribution >= 4 is 5.97 Å². The van der Waals surface area contributed by atoms with E-state index in [4.69, 9.17) is 5.11 Å². The van der Waals surface area contributed by atoms with Gasteiger partial charge in [0.25, 0.3) is 0 Å². The lowest BCUT2D eigenvalue weighted by Crippen LogP contribution is -2.01. The maximum Gasteiger partial charge on any atom is 0.307 e. The van der Waals surface area contributed by atoms with E-state index in [0.717, 1.165) is 6.42 Å². The third kappa shape index (κ3) is 1.89. The van der Waals surface area contributed by atoms with Gasteiger partial charge >= 0.3 is 5.97 Å². The molecule has 2 atom stereocenters. The van der Waals surface area contributed by atoms with Crippen LogP contribution in [0.25, 0.3) is 0 Å². The van der Waals surface area contributed by atoms with Crippen LogP contribution in [0.4, 0.5) is 0 Å². The van der Waals surface area contributed by atoms with Crippen LogP contribution in [0.2, 0.25) is 0 Å². The molecule has 0 aromatic heterocycles. The van der Waals surface area contributed by atoms with E-state index in [2.05, 4.69) is 26.0 Å². The van der Waals surface area contributed by atoms with Crippen LogP contribution < -0.4 is 0 Å².